The third kappa shape index (κ3) is 6.70. The number of carboxylic acid groups (broad SMARTS) is 1. The van der Waals surface area contributed by atoms with Crippen molar-refractivity contribution in [2.24, 2.45) is 0 Å². The van der Waals surface area contributed by atoms with E-state index in [1.54, 1.807) is 24.3 Å². The number of ether oxygens (including phenoxy) is 1. The maximum Gasteiger partial charge on any atom is 0.335 e. The van der Waals surface area contributed by atoms with Crippen LogP contribution in [0, 0.1) is 5.82 Å². The highest BCUT2D eigenvalue weighted by Gasteiger charge is 2.53. The second-order valence-corrected chi connectivity index (χ2v) is 11.6. The molecule has 2 saturated heterocycles. The van der Waals surface area contributed by atoms with Crippen molar-refractivity contribution in [3.05, 3.63) is 65.5 Å². The smallest absolute Gasteiger partial charge is 0.335 e. The Morgan fingerprint density at radius 3 is 2.42 bits per heavy atom. The van der Waals surface area contributed by atoms with Crippen LogP contribution in [0.1, 0.15) is 30.0 Å². The number of hydrazine groups is 1. The molecule has 2 unspecified atom stereocenters. The largest absolute Gasteiger partial charge is 0.481 e. The van der Waals surface area contributed by atoms with Gasteiger partial charge in [0.1, 0.15) is 39.9 Å². The number of fused-ring (bicyclic) bond motifs is 1. The normalized spacial score (nSPS) is 21.1. The van der Waals surface area contributed by atoms with Crippen LogP contribution in [0.25, 0.3) is 0 Å². The molecule has 0 bridgehead atoms. The molecule has 2 N–H and O–H groups in total. The number of nitrogens with one attached hydrogen (secondary N) is 1. The van der Waals surface area contributed by atoms with Gasteiger partial charge in [0.25, 0.3) is 0 Å². The first-order valence-electron chi connectivity index (χ1n) is 12.1. The Hall–Kier alpha value is -2.88. The van der Waals surface area contributed by atoms with Gasteiger partial charge in [-0.25, -0.2) is 14.2 Å². The van der Waals surface area contributed by atoms with Gasteiger partial charge in [-0.1, -0.05) is 35.9 Å². The van der Waals surface area contributed by atoms with Gasteiger partial charge in [-0.3, -0.25) is 14.4 Å². The summed E-state index contributed by atoms with van der Waals surface area (Å²) in [6.07, 6.45) is -1.88. The van der Waals surface area contributed by atoms with Crippen LogP contribution in [0.2, 0.25) is 0 Å². The molecule has 2 heterocycles. The Kier molecular flexibility index (Phi) is 9.59. The molecule has 2 aromatic carbocycles. The average molecular weight is 708 g/mol. The minimum absolute atomic E-state index is 0.0230. The zero-order valence-corrected chi connectivity index (χ0v) is 24.7. The Balaban J connectivity index is 1.59. The quantitative estimate of drug-likeness (QED) is 0.186. The lowest BCUT2D eigenvalue weighted by Gasteiger charge is -2.53. The number of piperazine rings is 1. The molecule has 0 radical (unpaired) electrons. The van der Waals surface area contributed by atoms with E-state index in [2.05, 4.69) is 27.9 Å². The standard InChI is InChI=1S/C25H25Cl2FIN5O6/c1-14(29)40-18-8-2-15(3-9-18)11-30-25(39)34-20-12-31(23(26)16-4-6-17(28)7-5-16)24(38)19(10-22(36)37)33(20)21(35)13-32(34)27/h2-9,14,19-20,23H,10-13H2,1H3,(H,30,39)(H,36,37)/t14?,19-,20-,23?/m0/s1. The summed E-state index contributed by atoms with van der Waals surface area (Å²) in [5.74, 6) is -2.51. The van der Waals surface area contributed by atoms with E-state index in [0.29, 0.717) is 11.3 Å². The third-order valence-corrected chi connectivity index (χ3v) is 7.34. The predicted octanol–water partition coefficient (Wildman–Crippen LogP) is 3.66. The number of rotatable bonds is 8. The second-order valence-electron chi connectivity index (χ2n) is 9.08. The number of carbonyl (C=O) groups excluding carboxylic acids is 3. The first-order chi connectivity index (χ1) is 19.0. The number of aliphatic carboxylic acids is 1. The van der Waals surface area contributed by atoms with Gasteiger partial charge < -0.3 is 25.0 Å². The lowest BCUT2D eigenvalue weighted by molar-refractivity contribution is -0.182. The van der Waals surface area contributed by atoms with Crippen molar-refractivity contribution in [2.75, 3.05) is 13.1 Å². The van der Waals surface area contributed by atoms with Crippen LogP contribution in [0.15, 0.2) is 48.5 Å². The van der Waals surface area contributed by atoms with Crippen LogP contribution < -0.4 is 10.1 Å². The fourth-order valence-corrected chi connectivity index (χ4v) is 5.43. The number of nitrogens with zero attached hydrogens (tertiary/aromatic N) is 4. The van der Waals surface area contributed by atoms with Gasteiger partial charge >= 0.3 is 12.0 Å². The van der Waals surface area contributed by atoms with Crippen LogP contribution in [0.5, 0.6) is 5.75 Å². The van der Waals surface area contributed by atoms with E-state index >= 15 is 0 Å². The summed E-state index contributed by atoms with van der Waals surface area (Å²) < 4.78 is 20.0. The molecule has 0 saturated carbocycles. The Labute approximate surface area is 252 Å². The molecule has 4 rings (SSSR count). The van der Waals surface area contributed by atoms with Crippen LogP contribution in [0.4, 0.5) is 9.18 Å². The number of urea groups is 1. The van der Waals surface area contributed by atoms with Crippen molar-refractivity contribution in [2.45, 2.75) is 41.7 Å². The lowest BCUT2D eigenvalue weighted by atomic mass is 10.0. The summed E-state index contributed by atoms with van der Waals surface area (Å²) in [6.45, 7) is 1.25. The van der Waals surface area contributed by atoms with E-state index in [0.717, 1.165) is 24.9 Å². The maximum atomic E-state index is 13.5. The molecule has 40 heavy (non-hydrogen) atoms. The molecule has 214 valence electrons. The fourth-order valence-electron chi connectivity index (χ4n) is 4.54. The first kappa shape index (κ1) is 30.1. The van der Waals surface area contributed by atoms with Crippen molar-refractivity contribution in [3.63, 3.8) is 0 Å². The SMILES string of the molecule is CC(I)Oc1ccc(CNC(=O)N2[C@H]3CN(C(Cl)c4ccc(F)cc4)C(=O)[C@H](CC(=O)O)N3C(=O)CN2Cl)cc1. The number of carboxylic acids is 1. The van der Waals surface area contributed by atoms with Gasteiger partial charge in [0.15, 0.2) is 0 Å². The highest BCUT2D eigenvalue weighted by Crippen LogP contribution is 2.35. The van der Waals surface area contributed by atoms with Crippen molar-refractivity contribution in [1.29, 1.82) is 0 Å². The molecule has 11 nitrogen and oxygen atoms in total. The third-order valence-electron chi connectivity index (χ3n) is 6.32. The summed E-state index contributed by atoms with van der Waals surface area (Å²) in [5, 5.41) is 13.3. The summed E-state index contributed by atoms with van der Waals surface area (Å²) in [6, 6.07) is 10.1. The highest BCUT2D eigenvalue weighted by atomic mass is 127. The van der Waals surface area contributed by atoms with Gasteiger partial charge in [0, 0.05) is 18.3 Å². The molecule has 0 aliphatic carbocycles. The summed E-state index contributed by atoms with van der Waals surface area (Å²) in [7, 11) is 0. The molecule has 0 spiro atoms. The molecule has 4 atom stereocenters. The number of amides is 4. The average Bonchev–Trinajstić information content (AvgIpc) is 2.89. The number of hydrogen-bond donors (Lipinski definition) is 2. The second kappa shape index (κ2) is 12.7. The molecule has 0 aromatic heterocycles. The monoisotopic (exact) mass is 707 g/mol. The van der Waals surface area contributed by atoms with Gasteiger partial charge in [-0.2, -0.15) is 0 Å². The zero-order valence-electron chi connectivity index (χ0n) is 21.0. The van der Waals surface area contributed by atoms with Crippen molar-refractivity contribution < 1.29 is 33.4 Å². The van der Waals surface area contributed by atoms with Crippen LogP contribution >= 0.6 is 46.0 Å². The zero-order chi connectivity index (χ0) is 29.1. The van der Waals surface area contributed by atoms with Crippen molar-refractivity contribution in [1.82, 2.24) is 24.7 Å². The molecule has 2 fully saturated rings. The molecule has 2 aromatic rings. The summed E-state index contributed by atoms with van der Waals surface area (Å²) in [5.41, 5.74) is -0.0123. The summed E-state index contributed by atoms with van der Waals surface area (Å²) in [4.78, 5) is 53.7. The topological polar surface area (TPSA) is 123 Å². The Morgan fingerprint density at radius 1 is 1.18 bits per heavy atom. The van der Waals surface area contributed by atoms with Crippen LogP contribution in [0.3, 0.4) is 0 Å². The number of alkyl halides is 2. The number of hydrogen-bond acceptors (Lipinski definition) is 6. The Morgan fingerprint density at radius 2 is 1.82 bits per heavy atom. The molecular formula is C25H25Cl2FIN5O6. The highest BCUT2D eigenvalue weighted by molar-refractivity contribution is 14.1. The van der Waals surface area contributed by atoms with Crippen LogP contribution in [-0.4, -0.2) is 77.7 Å². The maximum absolute atomic E-state index is 13.5. The minimum atomic E-state index is -1.45. The van der Waals surface area contributed by atoms with E-state index in [9.17, 15) is 28.7 Å². The molecule has 15 heteroatoms. The van der Waals surface area contributed by atoms with Gasteiger partial charge in [-0.05, 0) is 64.9 Å². The first-order valence-corrected chi connectivity index (χ1v) is 14.1. The van der Waals surface area contributed by atoms with Gasteiger partial charge in [0.05, 0.1) is 13.0 Å². The molecule has 2 aliphatic rings. The predicted molar refractivity (Wildman–Crippen MR) is 151 cm³/mol. The van der Waals surface area contributed by atoms with Gasteiger partial charge in [0.2, 0.25) is 11.8 Å². The minimum Gasteiger partial charge on any atom is -0.481 e. The number of carbonyl (C=O) groups is 4. The summed E-state index contributed by atoms with van der Waals surface area (Å²) >= 11 is 15.1. The van der Waals surface area contributed by atoms with E-state index in [1.807, 2.05) is 6.92 Å². The van der Waals surface area contributed by atoms with E-state index in [1.165, 1.54) is 24.3 Å². The Bertz CT molecular complexity index is 1270. The molecular weight excluding hydrogens is 683 g/mol. The van der Waals surface area contributed by atoms with Crippen LogP contribution in [-0.2, 0) is 20.9 Å². The lowest BCUT2D eigenvalue weighted by Crippen LogP contribution is -2.75. The molecule has 4 amide bonds. The van der Waals surface area contributed by atoms with Gasteiger partial charge in [-0.15, -0.1) is 4.53 Å². The number of halogens is 4. The van der Waals surface area contributed by atoms with Crippen molar-refractivity contribution >= 4 is 69.8 Å². The van der Waals surface area contributed by atoms with E-state index in [-0.39, 0.29) is 17.2 Å². The fraction of sp³-hybridized carbons (Fsp3) is 0.360. The number of benzene rings is 2. The van der Waals surface area contributed by atoms with E-state index < -0.39 is 60.3 Å². The molecule has 2 aliphatic heterocycles. The van der Waals surface area contributed by atoms with Crippen molar-refractivity contribution in [3.8, 4) is 5.75 Å². The van der Waals surface area contributed by atoms with E-state index in [4.69, 9.17) is 28.1 Å².